The number of benzene rings is 2. The van der Waals surface area contributed by atoms with Crippen molar-refractivity contribution in [2.24, 2.45) is 0 Å². The van der Waals surface area contributed by atoms with Gasteiger partial charge in [0.15, 0.2) is 11.0 Å². The van der Waals surface area contributed by atoms with Crippen molar-refractivity contribution in [1.29, 1.82) is 0 Å². The fraction of sp³-hybridized carbons (Fsp3) is 0.333. The Bertz CT molecular complexity index is 1730. The molecule has 1 aliphatic rings. The number of carbonyl (C=O) groups is 2. The first-order chi connectivity index (χ1) is 20.6. The average molecular weight is 643 g/mol. The molecule has 0 radical (unpaired) electrons. The summed E-state index contributed by atoms with van der Waals surface area (Å²) in [5.41, 5.74) is 3.20. The Morgan fingerprint density at radius 1 is 1.00 bits per heavy atom. The normalized spacial score (nSPS) is 14.0. The number of nitrogens with one attached hydrogen (secondary N) is 2. The minimum atomic E-state index is -3.67. The molecule has 0 bridgehead atoms. The van der Waals surface area contributed by atoms with Crippen molar-refractivity contribution in [3.05, 3.63) is 70.0 Å². The first-order valence-electron chi connectivity index (χ1n) is 13.3. The molecule has 3 heterocycles. The van der Waals surface area contributed by atoms with Crippen molar-refractivity contribution in [3.63, 3.8) is 0 Å². The van der Waals surface area contributed by atoms with Crippen molar-refractivity contribution in [3.8, 4) is 5.69 Å². The molecule has 13 nitrogen and oxygen atoms in total. The van der Waals surface area contributed by atoms with Gasteiger partial charge in [0.1, 0.15) is 5.01 Å². The smallest absolute Gasteiger partial charge is 0.251 e. The zero-order valence-electron chi connectivity index (χ0n) is 23.7. The highest BCUT2D eigenvalue weighted by molar-refractivity contribution is 7.99. The zero-order chi connectivity index (χ0) is 30.6. The summed E-state index contributed by atoms with van der Waals surface area (Å²) in [5, 5.41) is 23.7. The molecule has 0 saturated carbocycles. The Morgan fingerprint density at radius 3 is 2.44 bits per heavy atom. The molecule has 1 fully saturated rings. The van der Waals surface area contributed by atoms with Gasteiger partial charge in [0.25, 0.3) is 5.91 Å². The second-order valence-electron chi connectivity index (χ2n) is 9.64. The maximum absolute atomic E-state index is 13.0. The van der Waals surface area contributed by atoms with E-state index in [0.29, 0.717) is 48.0 Å². The number of hydrogen-bond donors (Lipinski definition) is 2. The summed E-state index contributed by atoms with van der Waals surface area (Å²) >= 11 is 2.50. The monoisotopic (exact) mass is 642 g/mol. The van der Waals surface area contributed by atoms with E-state index < -0.39 is 15.9 Å². The summed E-state index contributed by atoms with van der Waals surface area (Å²) in [4.78, 5) is 25.7. The third-order valence-electron chi connectivity index (χ3n) is 6.75. The van der Waals surface area contributed by atoms with Crippen LogP contribution in [0.4, 0.5) is 5.13 Å². The molecule has 16 heteroatoms. The van der Waals surface area contributed by atoms with Gasteiger partial charge < -0.3 is 10.1 Å². The predicted molar refractivity (Wildman–Crippen MR) is 162 cm³/mol. The number of morpholine rings is 1. The first-order valence-corrected chi connectivity index (χ1v) is 16.6. The first kappa shape index (κ1) is 30.7. The number of ether oxygens (including phenoxy) is 1. The molecule has 0 spiro atoms. The molecule has 2 aromatic carbocycles. The molecule has 0 atom stereocenters. The van der Waals surface area contributed by atoms with Gasteiger partial charge in [-0.05, 0) is 62.2 Å². The Balaban J connectivity index is 1.30. The van der Waals surface area contributed by atoms with Gasteiger partial charge in [0, 0.05) is 18.7 Å². The van der Waals surface area contributed by atoms with Crippen LogP contribution in [-0.4, -0.2) is 81.6 Å². The molecule has 0 unspecified atom stereocenters. The lowest BCUT2D eigenvalue weighted by molar-refractivity contribution is -0.113. The van der Waals surface area contributed by atoms with Crippen LogP contribution < -0.4 is 10.6 Å². The lowest BCUT2D eigenvalue weighted by Crippen LogP contribution is -2.40. The van der Waals surface area contributed by atoms with Crippen LogP contribution in [0.5, 0.6) is 0 Å². The number of sulfonamides is 1. The third-order valence-corrected chi connectivity index (χ3v) is 10.3. The SMILES string of the molecule is Cc1nnc(NC(=O)CSc2nnc(CNC(=O)c3ccc(S(=O)(=O)N4CCOCC4)cc3)n2-c2cccc(C)c2C)s1. The summed E-state index contributed by atoms with van der Waals surface area (Å²) in [6, 6.07) is 11.7. The number of carbonyl (C=O) groups excluding carboxylic acids is 2. The fourth-order valence-electron chi connectivity index (χ4n) is 4.34. The summed E-state index contributed by atoms with van der Waals surface area (Å²) in [7, 11) is -3.67. The van der Waals surface area contributed by atoms with Gasteiger partial charge in [0.05, 0.1) is 36.1 Å². The Kier molecular flexibility index (Phi) is 9.51. The van der Waals surface area contributed by atoms with E-state index in [1.807, 2.05) is 36.6 Å². The van der Waals surface area contributed by atoms with Gasteiger partial charge in [-0.1, -0.05) is 35.2 Å². The Morgan fingerprint density at radius 2 is 1.74 bits per heavy atom. The number of hydrogen-bond acceptors (Lipinski definition) is 11. The van der Waals surface area contributed by atoms with Crippen LogP contribution in [-0.2, 0) is 26.1 Å². The lowest BCUT2D eigenvalue weighted by atomic mass is 10.1. The minimum absolute atomic E-state index is 0.0455. The van der Waals surface area contributed by atoms with Crippen LogP contribution in [0.25, 0.3) is 5.69 Å². The molecule has 1 saturated heterocycles. The largest absolute Gasteiger partial charge is 0.379 e. The number of rotatable bonds is 10. The van der Waals surface area contributed by atoms with Crippen molar-refractivity contribution in [2.75, 3.05) is 37.4 Å². The van der Waals surface area contributed by atoms with Crippen molar-refractivity contribution in [1.82, 2.24) is 34.6 Å². The number of anilines is 1. The molecule has 43 heavy (non-hydrogen) atoms. The second kappa shape index (κ2) is 13.3. The van der Waals surface area contributed by atoms with E-state index >= 15 is 0 Å². The minimum Gasteiger partial charge on any atom is -0.379 e. The maximum Gasteiger partial charge on any atom is 0.251 e. The van der Waals surface area contributed by atoms with Crippen molar-refractivity contribution >= 4 is 50.1 Å². The number of aromatic nitrogens is 5. The molecule has 4 aromatic rings. The van der Waals surface area contributed by atoms with Crippen LogP contribution in [0.3, 0.4) is 0 Å². The predicted octanol–water partition coefficient (Wildman–Crippen LogP) is 2.73. The Hall–Kier alpha value is -3.70. The van der Waals surface area contributed by atoms with Crippen LogP contribution in [0, 0.1) is 20.8 Å². The van der Waals surface area contributed by atoms with E-state index in [1.54, 1.807) is 6.92 Å². The summed E-state index contributed by atoms with van der Waals surface area (Å²) < 4.78 is 34.3. The summed E-state index contributed by atoms with van der Waals surface area (Å²) in [5.74, 6) is -0.123. The van der Waals surface area contributed by atoms with Gasteiger partial charge in [0.2, 0.25) is 21.1 Å². The lowest BCUT2D eigenvalue weighted by Gasteiger charge is -2.26. The summed E-state index contributed by atoms with van der Waals surface area (Å²) in [6.07, 6.45) is 0. The van der Waals surface area contributed by atoms with Gasteiger partial charge in [-0.25, -0.2) is 8.42 Å². The zero-order valence-corrected chi connectivity index (χ0v) is 26.2. The van der Waals surface area contributed by atoms with E-state index in [2.05, 4.69) is 31.0 Å². The topological polar surface area (TPSA) is 161 Å². The molecule has 1 aliphatic heterocycles. The number of nitrogens with zero attached hydrogens (tertiary/aromatic N) is 6. The van der Waals surface area contributed by atoms with Crippen molar-refractivity contribution in [2.45, 2.75) is 37.4 Å². The van der Waals surface area contributed by atoms with Gasteiger partial charge >= 0.3 is 0 Å². The molecule has 226 valence electrons. The molecule has 2 amide bonds. The molecular weight excluding hydrogens is 613 g/mol. The van der Waals surface area contributed by atoms with Crippen LogP contribution in [0.15, 0.2) is 52.5 Å². The molecule has 2 aromatic heterocycles. The van der Waals surface area contributed by atoms with E-state index in [4.69, 9.17) is 4.74 Å². The van der Waals surface area contributed by atoms with Gasteiger partial charge in [-0.15, -0.1) is 20.4 Å². The Labute approximate surface area is 257 Å². The highest BCUT2D eigenvalue weighted by atomic mass is 32.2. The fourth-order valence-corrected chi connectivity index (χ4v) is 7.12. The average Bonchev–Trinajstić information content (AvgIpc) is 3.61. The van der Waals surface area contributed by atoms with Gasteiger partial charge in [-0.2, -0.15) is 4.31 Å². The molecule has 2 N–H and O–H groups in total. The van der Waals surface area contributed by atoms with Crippen molar-refractivity contribution < 1.29 is 22.7 Å². The highest BCUT2D eigenvalue weighted by Gasteiger charge is 2.26. The van der Waals surface area contributed by atoms with E-state index in [9.17, 15) is 18.0 Å². The maximum atomic E-state index is 13.0. The quantitative estimate of drug-likeness (QED) is 0.246. The highest BCUT2D eigenvalue weighted by Crippen LogP contribution is 2.26. The second-order valence-corrected chi connectivity index (χ2v) is 13.7. The van der Waals surface area contributed by atoms with Crippen LogP contribution in [0.2, 0.25) is 0 Å². The number of aryl methyl sites for hydroxylation is 2. The van der Waals surface area contributed by atoms with Crippen LogP contribution in [0.1, 0.15) is 32.3 Å². The molecular formula is C27H30N8O5S3. The third kappa shape index (κ3) is 7.10. The number of amides is 2. The van der Waals surface area contributed by atoms with Crippen LogP contribution >= 0.6 is 23.1 Å². The van der Waals surface area contributed by atoms with E-state index in [-0.39, 0.29) is 23.1 Å². The molecule has 0 aliphatic carbocycles. The van der Waals surface area contributed by atoms with E-state index in [1.165, 1.54) is 51.7 Å². The van der Waals surface area contributed by atoms with E-state index in [0.717, 1.165) is 21.8 Å². The number of thioether (sulfide) groups is 1. The molecule has 5 rings (SSSR count). The standard InChI is InChI=1S/C27H30N8O5S3/c1-17-5-4-6-22(18(17)2)35-23(31-33-27(35)41-16-24(36)29-26-32-30-19(3)42-26)15-28-25(37)20-7-9-21(10-8-20)43(38,39)34-11-13-40-14-12-34/h4-10H,11-16H2,1-3H3,(H,28,37)(H,29,32,36). The van der Waals surface area contributed by atoms with Gasteiger partial charge in [-0.3, -0.25) is 19.5 Å². The summed E-state index contributed by atoms with van der Waals surface area (Å²) in [6.45, 7) is 7.12.